The fourth-order valence-corrected chi connectivity index (χ4v) is 3.10. The summed E-state index contributed by atoms with van der Waals surface area (Å²) in [4.78, 5) is 0. The normalized spacial score (nSPS) is 12.4. The van der Waals surface area contributed by atoms with Gasteiger partial charge in [-0.05, 0) is 66.8 Å². The Morgan fingerprint density at radius 2 is 1.75 bits per heavy atom. The first kappa shape index (κ1) is 15.7. The van der Waals surface area contributed by atoms with E-state index in [1.165, 1.54) is 11.6 Å². The molecule has 2 aromatic rings. The van der Waals surface area contributed by atoms with Gasteiger partial charge in [0.05, 0.1) is 0 Å². The second-order valence-electron chi connectivity index (χ2n) is 4.88. The van der Waals surface area contributed by atoms with Gasteiger partial charge in [-0.15, -0.1) is 0 Å². The zero-order valence-electron chi connectivity index (χ0n) is 11.0. The van der Waals surface area contributed by atoms with E-state index in [9.17, 15) is 4.39 Å². The molecule has 4 heteroatoms. The minimum Gasteiger partial charge on any atom is -0.330 e. The van der Waals surface area contributed by atoms with Crippen LogP contribution < -0.4 is 5.73 Å². The van der Waals surface area contributed by atoms with Crippen LogP contribution in [-0.2, 0) is 12.8 Å². The molecule has 0 aromatic heterocycles. The van der Waals surface area contributed by atoms with E-state index in [2.05, 4.69) is 44.0 Å². The van der Waals surface area contributed by atoms with Gasteiger partial charge >= 0.3 is 0 Å². The van der Waals surface area contributed by atoms with Crippen molar-refractivity contribution in [2.24, 2.45) is 11.7 Å². The summed E-state index contributed by atoms with van der Waals surface area (Å²) < 4.78 is 15.8. The van der Waals surface area contributed by atoms with Crippen molar-refractivity contribution in [3.63, 3.8) is 0 Å². The first-order valence-electron chi connectivity index (χ1n) is 6.47. The lowest BCUT2D eigenvalue weighted by Crippen LogP contribution is -2.20. The minimum absolute atomic E-state index is 0.166. The van der Waals surface area contributed by atoms with Crippen LogP contribution in [-0.4, -0.2) is 6.54 Å². The highest BCUT2D eigenvalue weighted by molar-refractivity contribution is 9.10. The summed E-state index contributed by atoms with van der Waals surface area (Å²) in [6, 6.07) is 13.2. The summed E-state index contributed by atoms with van der Waals surface area (Å²) in [7, 11) is 0. The Morgan fingerprint density at radius 1 is 1.00 bits per heavy atom. The smallest absolute Gasteiger partial charge is 0.126 e. The van der Waals surface area contributed by atoms with Gasteiger partial charge in [-0.3, -0.25) is 0 Å². The van der Waals surface area contributed by atoms with Crippen molar-refractivity contribution in [1.29, 1.82) is 0 Å². The maximum Gasteiger partial charge on any atom is 0.126 e. The van der Waals surface area contributed by atoms with Crippen LogP contribution in [0.1, 0.15) is 11.1 Å². The number of benzene rings is 2. The Morgan fingerprint density at radius 3 is 2.45 bits per heavy atom. The van der Waals surface area contributed by atoms with Crippen molar-refractivity contribution < 1.29 is 4.39 Å². The third-order valence-electron chi connectivity index (χ3n) is 3.26. The number of hydrogen-bond donors (Lipinski definition) is 1. The van der Waals surface area contributed by atoms with Gasteiger partial charge in [-0.25, -0.2) is 4.39 Å². The van der Waals surface area contributed by atoms with Gasteiger partial charge in [-0.2, -0.15) is 0 Å². The summed E-state index contributed by atoms with van der Waals surface area (Å²) >= 11 is 6.84. The molecule has 0 heterocycles. The van der Waals surface area contributed by atoms with E-state index in [1.54, 1.807) is 6.07 Å². The van der Waals surface area contributed by atoms with E-state index < -0.39 is 0 Å². The average molecular weight is 401 g/mol. The Bertz CT molecular complexity index is 586. The zero-order chi connectivity index (χ0) is 14.5. The van der Waals surface area contributed by atoms with Gasteiger partial charge in [0.2, 0.25) is 0 Å². The van der Waals surface area contributed by atoms with E-state index in [-0.39, 0.29) is 11.7 Å². The maximum absolute atomic E-state index is 13.8. The number of halogens is 3. The predicted octanol–water partition coefficient (Wildman–Crippen LogP) is 4.71. The topological polar surface area (TPSA) is 26.0 Å². The molecular formula is C16H16Br2FN. The minimum atomic E-state index is -0.166. The summed E-state index contributed by atoms with van der Waals surface area (Å²) in [6.07, 6.45) is 1.50. The van der Waals surface area contributed by atoms with Gasteiger partial charge in [-0.1, -0.05) is 44.0 Å². The molecule has 1 nitrogen and oxygen atoms in total. The maximum atomic E-state index is 13.8. The van der Waals surface area contributed by atoms with Crippen LogP contribution >= 0.6 is 31.9 Å². The van der Waals surface area contributed by atoms with Crippen molar-refractivity contribution in [2.75, 3.05) is 6.54 Å². The van der Waals surface area contributed by atoms with Crippen molar-refractivity contribution in [3.05, 3.63) is 68.4 Å². The van der Waals surface area contributed by atoms with Crippen molar-refractivity contribution >= 4 is 31.9 Å². The molecule has 1 unspecified atom stereocenters. The van der Waals surface area contributed by atoms with Crippen molar-refractivity contribution in [2.45, 2.75) is 12.8 Å². The summed E-state index contributed by atoms with van der Waals surface area (Å²) in [5.74, 6) is 0.0639. The standard InChI is InChI=1S/C16H16Br2FN/c17-14-3-1-2-11(8-14)6-12(10-20)7-13-9-15(18)4-5-16(13)19/h1-5,8-9,12H,6-7,10,20H2. The molecule has 0 aliphatic rings. The fraction of sp³-hybridized carbons (Fsp3) is 0.250. The highest BCUT2D eigenvalue weighted by atomic mass is 79.9. The molecule has 0 fully saturated rings. The zero-order valence-corrected chi connectivity index (χ0v) is 14.1. The number of nitrogens with two attached hydrogens (primary N) is 1. The van der Waals surface area contributed by atoms with Crippen LogP contribution in [0.2, 0.25) is 0 Å². The third kappa shape index (κ3) is 4.40. The quantitative estimate of drug-likeness (QED) is 0.772. The molecular weight excluding hydrogens is 385 g/mol. The molecule has 0 radical (unpaired) electrons. The Balaban J connectivity index is 2.11. The van der Waals surface area contributed by atoms with E-state index in [1.807, 2.05) is 18.2 Å². The highest BCUT2D eigenvalue weighted by Crippen LogP contribution is 2.21. The van der Waals surface area contributed by atoms with Crippen molar-refractivity contribution in [1.82, 2.24) is 0 Å². The second kappa shape index (κ2) is 7.34. The van der Waals surface area contributed by atoms with Crippen LogP contribution in [0, 0.1) is 11.7 Å². The Hall–Kier alpha value is -0.710. The molecule has 106 valence electrons. The molecule has 2 aromatic carbocycles. The molecule has 0 aliphatic heterocycles. The van der Waals surface area contributed by atoms with E-state index in [0.29, 0.717) is 18.5 Å². The van der Waals surface area contributed by atoms with Crippen LogP contribution in [0.25, 0.3) is 0 Å². The SMILES string of the molecule is NCC(Cc1cccc(Br)c1)Cc1cc(Br)ccc1F. The average Bonchev–Trinajstić information content (AvgIpc) is 2.42. The lowest BCUT2D eigenvalue weighted by atomic mass is 9.92. The summed E-state index contributed by atoms with van der Waals surface area (Å²) in [6.45, 7) is 0.540. The van der Waals surface area contributed by atoms with Crippen LogP contribution in [0.15, 0.2) is 51.4 Å². The van der Waals surface area contributed by atoms with E-state index >= 15 is 0 Å². The Labute approximate surface area is 135 Å². The largest absolute Gasteiger partial charge is 0.330 e. The molecule has 20 heavy (non-hydrogen) atoms. The van der Waals surface area contributed by atoms with Gasteiger partial charge < -0.3 is 5.73 Å². The fourth-order valence-electron chi connectivity index (χ4n) is 2.25. The van der Waals surface area contributed by atoms with Crippen LogP contribution in [0.5, 0.6) is 0 Å². The van der Waals surface area contributed by atoms with Crippen LogP contribution in [0.3, 0.4) is 0 Å². The molecule has 0 saturated heterocycles. The van der Waals surface area contributed by atoms with Gasteiger partial charge in [0, 0.05) is 8.95 Å². The molecule has 0 saturated carbocycles. The van der Waals surface area contributed by atoms with E-state index in [4.69, 9.17) is 5.73 Å². The second-order valence-corrected chi connectivity index (χ2v) is 6.71. The number of hydrogen-bond acceptors (Lipinski definition) is 1. The first-order chi connectivity index (χ1) is 9.58. The highest BCUT2D eigenvalue weighted by Gasteiger charge is 2.12. The number of rotatable bonds is 5. The first-order valence-corrected chi connectivity index (χ1v) is 8.05. The lowest BCUT2D eigenvalue weighted by molar-refractivity contribution is 0.511. The Kier molecular flexibility index (Phi) is 5.75. The summed E-state index contributed by atoms with van der Waals surface area (Å²) in [5, 5.41) is 0. The van der Waals surface area contributed by atoms with Gasteiger partial charge in [0.15, 0.2) is 0 Å². The lowest BCUT2D eigenvalue weighted by Gasteiger charge is -2.16. The van der Waals surface area contributed by atoms with Gasteiger partial charge in [0.1, 0.15) is 5.82 Å². The van der Waals surface area contributed by atoms with E-state index in [0.717, 1.165) is 15.4 Å². The predicted molar refractivity (Wildman–Crippen MR) is 88.2 cm³/mol. The monoisotopic (exact) mass is 399 g/mol. The molecule has 0 aliphatic carbocycles. The summed E-state index contributed by atoms with van der Waals surface area (Å²) in [5.41, 5.74) is 7.77. The molecule has 0 spiro atoms. The molecule has 2 rings (SSSR count). The van der Waals surface area contributed by atoms with Crippen molar-refractivity contribution in [3.8, 4) is 0 Å². The van der Waals surface area contributed by atoms with Crippen LogP contribution in [0.4, 0.5) is 4.39 Å². The molecule has 0 bridgehead atoms. The van der Waals surface area contributed by atoms with Gasteiger partial charge in [0.25, 0.3) is 0 Å². The molecule has 0 amide bonds. The third-order valence-corrected chi connectivity index (χ3v) is 4.25. The molecule has 2 N–H and O–H groups in total. The molecule has 1 atom stereocenters.